The van der Waals surface area contributed by atoms with Gasteiger partial charge in [0.05, 0.1) is 19.3 Å². The summed E-state index contributed by atoms with van der Waals surface area (Å²) < 4.78 is 5.07. The van der Waals surface area contributed by atoms with Crippen LogP contribution in [0.25, 0.3) is 0 Å². The van der Waals surface area contributed by atoms with Crippen molar-refractivity contribution in [1.29, 1.82) is 0 Å². The second kappa shape index (κ2) is 5.68. The molecule has 0 saturated carbocycles. The summed E-state index contributed by atoms with van der Waals surface area (Å²) >= 11 is 1.71. The number of aromatic nitrogens is 2. The van der Waals surface area contributed by atoms with Gasteiger partial charge in [0.1, 0.15) is 10.8 Å². The highest BCUT2D eigenvalue weighted by atomic mass is 32.1. The smallest absolute Gasteiger partial charge is 0.238 e. The summed E-state index contributed by atoms with van der Waals surface area (Å²) in [5, 5.41) is 4.25. The lowest BCUT2D eigenvalue weighted by Gasteiger charge is -2.07. The molecule has 3 N–H and O–H groups in total. The number of rotatable bonds is 5. The molecule has 0 unspecified atom stereocenters. The largest absolute Gasteiger partial charge is 0.479 e. The number of nitrogens with one attached hydrogen (secondary N) is 1. The molecule has 0 aliphatic carbocycles. The molecule has 96 valence electrons. The number of methoxy groups -OCH3 is 1. The Morgan fingerprint density at radius 2 is 2.28 bits per heavy atom. The number of pyridine rings is 1. The molecule has 6 heteroatoms. The molecule has 2 rings (SSSR count). The third-order valence-corrected chi connectivity index (χ3v) is 3.60. The first-order valence-electron chi connectivity index (χ1n) is 5.71. The summed E-state index contributed by atoms with van der Waals surface area (Å²) in [6.07, 6.45) is 2.93. The van der Waals surface area contributed by atoms with Crippen molar-refractivity contribution in [1.82, 2.24) is 9.97 Å². The molecule has 0 amide bonds. The summed E-state index contributed by atoms with van der Waals surface area (Å²) in [4.78, 5) is 9.87. The molecule has 0 aliphatic heterocycles. The van der Waals surface area contributed by atoms with Gasteiger partial charge in [-0.15, -0.1) is 11.3 Å². The zero-order chi connectivity index (χ0) is 13.0. The number of nitrogen functional groups attached to an aromatic ring is 1. The maximum absolute atomic E-state index is 5.70. The molecule has 0 atom stereocenters. The van der Waals surface area contributed by atoms with E-state index < -0.39 is 0 Å². The van der Waals surface area contributed by atoms with Crippen LogP contribution < -0.4 is 15.8 Å². The Morgan fingerprint density at radius 1 is 1.44 bits per heavy atom. The van der Waals surface area contributed by atoms with E-state index in [-0.39, 0.29) is 0 Å². The van der Waals surface area contributed by atoms with Crippen LogP contribution in [0.3, 0.4) is 0 Å². The Labute approximate surface area is 110 Å². The summed E-state index contributed by atoms with van der Waals surface area (Å²) in [6.45, 7) is 2.78. The predicted octanol–water partition coefficient (Wildman–Crippen LogP) is 2.30. The molecular formula is C12H16N4OS. The quantitative estimate of drug-likeness (QED) is 0.867. The minimum absolute atomic E-state index is 0.438. The summed E-state index contributed by atoms with van der Waals surface area (Å²) in [5.74, 6) is 1.17. The maximum Gasteiger partial charge on any atom is 0.238 e. The fraction of sp³-hybridized carbons (Fsp3) is 0.333. The average molecular weight is 264 g/mol. The van der Waals surface area contributed by atoms with Crippen LogP contribution in [0.5, 0.6) is 5.88 Å². The van der Waals surface area contributed by atoms with Crippen molar-refractivity contribution in [3.8, 4) is 5.88 Å². The molecule has 0 radical (unpaired) electrons. The van der Waals surface area contributed by atoms with Gasteiger partial charge in [0.15, 0.2) is 0 Å². The molecule has 0 spiro atoms. The van der Waals surface area contributed by atoms with Crippen LogP contribution in [0, 0.1) is 0 Å². The van der Waals surface area contributed by atoms with Gasteiger partial charge in [-0.3, -0.25) is 0 Å². The Kier molecular flexibility index (Phi) is 3.99. The molecule has 0 fully saturated rings. The van der Waals surface area contributed by atoms with Crippen LogP contribution in [0.15, 0.2) is 18.3 Å². The Morgan fingerprint density at radius 3 is 2.94 bits per heavy atom. The number of anilines is 2. The highest BCUT2D eigenvalue weighted by molar-refractivity contribution is 7.11. The Hall–Kier alpha value is -1.82. The van der Waals surface area contributed by atoms with Crippen LogP contribution in [0.1, 0.15) is 16.8 Å². The number of hydrogen-bond donors (Lipinski definition) is 2. The number of nitrogens with two attached hydrogens (primary N) is 1. The monoisotopic (exact) mass is 264 g/mol. The minimum atomic E-state index is 0.438. The van der Waals surface area contributed by atoms with E-state index in [1.165, 1.54) is 4.88 Å². The molecule has 2 aromatic rings. The first-order valence-corrected chi connectivity index (χ1v) is 6.52. The fourth-order valence-corrected chi connectivity index (χ4v) is 2.27. The van der Waals surface area contributed by atoms with Crippen LogP contribution in [-0.4, -0.2) is 17.1 Å². The number of hydrogen-bond acceptors (Lipinski definition) is 6. The second-order valence-electron chi connectivity index (χ2n) is 3.72. The van der Waals surface area contributed by atoms with Crippen molar-refractivity contribution in [3.05, 3.63) is 28.2 Å². The first-order chi connectivity index (χ1) is 8.72. The van der Waals surface area contributed by atoms with Gasteiger partial charge in [-0.2, -0.15) is 4.98 Å². The van der Waals surface area contributed by atoms with E-state index in [1.807, 2.05) is 12.3 Å². The van der Waals surface area contributed by atoms with Crippen LogP contribution in [-0.2, 0) is 13.0 Å². The van der Waals surface area contributed by atoms with Gasteiger partial charge in [0, 0.05) is 11.1 Å². The second-order valence-corrected chi connectivity index (χ2v) is 4.92. The van der Waals surface area contributed by atoms with Gasteiger partial charge in [0.2, 0.25) is 5.88 Å². The van der Waals surface area contributed by atoms with E-state index in [9.17, 15) is 0 Å². The van der Waals surface area contributed by atoms with Crippen molar-refractivity contribution < 1.29 is 4.74 Å². The molecule has 0 bridgehead atoms. The summed E-state index contributed by atoms with van der Waals surface area (Å²) in [5.41, 5.74) is 6.24. The molecule has 2 heterocycles. The standard InChI is InChI=1S/C12H16N4OS/c1-3-8-6-15-11(18-8)7-14-10-5-4-9(13)12(16-10)17-2/h4-6H,3,7,13H2,1-2H3,(H,14,16). The van der Waals surface area contributed by atoms with Crippen molar-refractivity contribution in [2.24, 2.45) is 0 Å². The maximum atomic E-state index is 5.70. The SMILES string of the molecule is CCc1cnc(CNc2ccc(N)c(OC)n2)s1. The van der Waals surface area contributed by atoms with Crippen molar-refractivity contribution in [2.75, 3.05) is 18.2 Å². The van der Waals surface area contributed by atoms with E-state index in [4.69, 9.17) is 10.5 Å². The van der Waals surface area contributed by atoms with Crippen molar-refractivity contribution in [2.45, 2.75) is 19.9 Å². The van der Waals surface area contributed by atoms with Crippen LogP contribution >= 0.6 is 11.3 Å². The highest BCUT2D eigenvalue weighted by Crippen LogP contribution is 2.21. The zero-order valence-electron chi connectivity index (χ0n) is 10.4. The molecule has 2 aromatic heterocycles. The fourth-order valence-electron chi connectivity index (χ4n) is 1.47. The minimum Gasteiger partial charge on any atom is -0.479 e. The molecule has 0 aliphatic rings. The molecule has 5 nitrogen and oxygen atoms in total. The number of ether oxygens (including phenoxy) is 1. The molecular weight excluding hydrogens is 248 g/mol. The summed E-state index contributed by atoms with van der Waals surface area (Å²) in [7, 11) is 1.55. The van der Waals surface area contributed by atoms with Gasteiger partial charge in [-0.25, -0.2) is 4.98 Å². The topological polar surface area (TPSA) is 73.1 Å². The molecule has 0 saturated heterocycles. The first kappa shape index (κ1) is 12.6. The zero-order valence-corrected chi connectivity index (χ0v) is 11.3. The number of thiazole rings is 1. The van der Waals surface area contributed by atoms with Gasteiger partial charge in [0.25, 0.3) is 0 Å². The lowest BCUT2D eigenvalue weighted by Crippen LogP contribution is -2.03. The molecule has 0 aromatic carbocycles. The van der Waals surface area contributed by atoms with Gasteiger partial charge in [-0.05, 0) is 18.6 Å². The van der Waals surface area contributed by atoms with Crippen LogP contribution in [0.2, 0.25) is 0 Å². The average Bonchev–Trinajstić information content (AvgIpc) is 2.86. The normalized spacial score (nSPS) is 10.3. The van der Waals surface area contributed by atoms with Crippen LogP contribution in [0.4, 0.5) is 11.5 Å². The highest BCUT2D eigenvalue weighted by Gasteiger charge is 2.04. The third kappa shape index (κ3) is 2.89. The van der Waals surface area contributed by atoms with Crippen molar-refractivity contribution >= 4 is 22.8 Å². The van der Waals surface area contributed by atoms with Crippen molar-refractivity contribution in [3.63, 3.8) is 0 Å². The van der Waals surface area contributed by atoms with Gasteiger partial charge < -0.3 is 15.8 Å². The lowest BCUT2D eigenvalue weighted by molar-refractivity contribution is 0.401. The van der Waals surface area contributed by atoms with E-state index in [1.54, 1.807) is 24.5 Å². The Balaban J connectivity index is 2.01. The van der Waals surface area contributed by atoms with E-state index in [0.717, 1.165) is 17.2 Å². The van der Waals surface area contributed by atoms with Gasteiger partial charge in [-0.1, -0.05) is 6.92 Å². The predicted molar refractivity (Wildman–Crippen MR) is 74.0 cm³/mol. The Bertz CT molecular complexity index is 527. The van der Waals surface area contributed by atoms with Gasteiger partial charge >= 0.3 is 0 Å². The third-order valence-electron chi connectivity index (χ3n) is 2.45. The molecule has 18 heavy (non-hydrogen) atoms. The number of nitrogens with zero attached hydrogens (tertiary/aromatic N) is 2. The van der Waals surface area contributed by atoms with E-state index in [2.05, 4.69) is 22.2 Å². The summed E-state index contributed by atoms with van der Waals surface area (Å²) in [6, 6.07) is 3.60. The van der Waals surface area contributed by atoms with E-state index in [0.29, 0.717) is 18.1 Å². The number of aryl methyl sites for hydroxylation is 1. The lowest BCUT2D eigenvalue weighted by atomic mass is 10.4. The van der Waals surface area contributed by atoms with E-state index >= 15 is 0 Å².